The van der Waals surface area contributed by atoms with Gasteiger partial charge in [-0.1, -0.05) is 24.3 Å². The normalized spacial score (nSPS) is 18.3. The van der Waals surface area contributed by atoms with Gasteiger partial charge >= 0.3 is 0 Å². The van der Waals surface area contributed by atoms with Gasteiger partial charge in [-0.05, 0) is 83.3 Å². The molecule has 3 aliphatic heterocycles. The first-order chi connectivity index (χ1) is 17.2. The number of nitrogens with zero attached hydrogens (tertiary/aromatic N) is 6. The van der Waals surface area contributed by atoms with Gasteiger partial charge in [0.1, 0.15) is 6.04 Å². The minimum atomic E-state index is -0.230. The maximum Gasteiger partial charge on any atom is 0.231 e. The summed E-state index contributed by atoms with van der Waals surface area (Å²) in [5.74, 6) is 2.25. The van der Waals surface area contributed by atoms with E-state index in [1.165, 1.54) is 22.3 Å². The highest BCUT2D eigenvalue weighted by Crippen LogP contribution is 2.40. The molecular formula is C27H24N6O2. The molecule has 1 aromatic heterocycles. The third kappa shape index (κ3) is 3.24. The number of fused-ring (bicyclic) bond motifs is 5. The van der Waals surface area contributed by atoms with E-state index < -0.39 is 0 Å². The van der Waals surface area contributed by atoms with Crippen molar-refractivity contribution in [2.24, 2.45) is 4.99 Å². The molecule has 3 aliphatic rings. The molecule has 0 aliphatic carbocycles. The molecular weight excluding hydrogens is 440 g/mol. The maximum atomic E-state index is 5.71. The average molecular weight is 465 g/mol. The van der Waals surface area contributed by atoms with Crippen LogP contribution in [-0.2, 0) is 13.0 Å². The Hall–Kier alpha value is -4.04. The van der Waals surface area contributed by atoms with Crippen molar-refractivity contribution in [3.63, 3.8) is 0 Å². The molecule has 7 rings (SSSR count). The zero-order chi connectivity index (χ0) is 23.5. The van der Waals surface area contributed by atoms with E-state index in [2.05, 4.69) is 76.7 Å². The zero-order valence-corrected chi connectivity index (χ0v) is 19.6. The van der Waals surface area contributed by atoms with Crippen LogP contribution in [0.25, 0.3) is 5.69 Å². The number of hydrogen-bond acceptors (Lipinski definition) is 7. The molecule has 0 fully saturated rings. The minimum absolute atomic E-state index is 0.230. The van der Waals surface area contributed by atoms with Crippen LogP contribution in [0.1, 0.15) is 39.7 Å². The molecule has 0 spiro atoms. The third-order valence-electron chi connectivity index (χ3n) is 7.25. The lowest BCUT2D eigenvalue weighted by Crippen LogP contribution is -2.39. The summed E-state index contributed by atoms with van der Waals surface area (Å²) in [6.07, 6.45) is 0.966. The Kier molecular flexibility index (Phi) is 4.50. The molecule has 0 bridgehead atoms. The summed E-state index contributed by atoms with van der Waals surface area (Å²) < 4.78 is 13.1. The molecule has 8 nitrogen and oxygen atoms in total. The number of aromatic nitrogens is 4. The fraction of sp³-hybridized carbons (Fsp3) is 0.259. The summed E-state index contributed by atoms with van der Waals surface area (Å²) in [5, 5.41) is 13.1. The molecule has 4 aromatic rings. The average Bonchev–Trinajstić information content (AvgIpc) is 3.52. The summed E-state index contributed by atoms with van der Waals surface area (Å²) in [6.45, 7) is 6.12. The van der Waals surface area contributed by atoms with Crippen molar-refractivity contribution in [1.82, 2.24) is 25.1 Å². The van der Waals surface area contributed by atoms with Crippen LogP contribution in [0.4, 0.5) is 5.69 Å². The first-order valence-corrected chi connectivity index (χ1v) is 11.8. The molecule has 35 heavy (non-hydrogen) atoms. The summed E-state index contributed by atoms with van der Waals surface area (Å²) in [7, 11) is 0. The summed E-state index contributed by atoms with van der Waals surface area (Å²) in [4.78, 5) is 7.72. The zero-order valence-electron chi connectivity index (χ0n) is 19.6. The van der Waals surface area contributed by atoms with E-state index in [1.807, 2.05) is 16.8 Å². The van der Waals surface area contributed by atoms with E-state index in [0.717, 1.165) is 59.5 Å². The Balaban J connectivity index is 1.44. The molecule has 0 saturated heterocycles. The van der Waals surface area contributed by atoms with Gasteiger partial charge in [0.2, 0.25) is 6.79 Å². The van der Waals surface area contributed by atoms with Crippen molar-refractivity contribution in [2.75, 3.05) is 13.3 Å². The van der Waals surface area contributed by atoms with Crippen molar-refractivity contribution in [3.8, 4) is 17.2 Å². The quantitative estimate of drug-likeness (QED) is 0.442. The van der Waals surface area contributed by atoms with Crippen LogP contribution < -0.4 is 9.47 Å². The number of aryl methyl sites for hydroxylation is 2. The number of ether oxygens (including phenoxy) is 2. The van der Waals surface area contributed by atoms with Gasteiger partial charge in [-0.15, -0.1) is 5.10 Å². The highest BCUT2D eigenvalue weighted by atomic mass is 16.7. The monoisotopic (exact) mass is 464 g/mol. The maximum absolute atomic E-state index is 5.71. The number of aliphatic imine (C=N–C) groups is 1. The second kappa shape index (κ2) is 7.74. The van der Waals surface area contributed by atoms with Gasteiger partial charge in [-0.3, -0.25) is 4.90 Å². The van der Waals surface area contributed by atoms with Crippen molar-refractivity contribution >= 4 is 11.4 Å². The van der Waals surface area contributed by atoms with Gasteiger partial charge in [-0.25, -0.2) is 4.99 Å². The Labute approximate surface area is 202 Å². The van der Waals surface area contributed by atoms with Crippen LogP contribution in [-0.4, -0.2) is 44.2 Å². The molecule has 1 atom stereocenters. The number of benzene rings is 3. The molecule has 174 valence electrons. The minimum Gasteiger partial charge on any atom is -0.454 e. The van der Waals surface area contributed by atoms with E-state index in [-0.39, 0.29) is 12.8 Å². The van der Waals surface area contributed by atoms with Gasteiger partial charge in [0.05, 0.1) is 17.1 Å². The van der Waals surface area contributed by atoms with Gasteiger partial charge in [0, 0.05) is 18.7 Å². The molecule has 0 amide bonds. The van der Waals surface area contributed by atoms with Crippen LogP contribution >= 0.6 is 0 Å². The first-order valence-electron chi connectivity index (χ1n) is 11.8. The lowest BCUT2D eigenvalue weighted by Gasteiger charge is -2.35. The predicted octanol–water partition coefficient (Wildman–Crippen LogP) is 4.24. The van der Waals surface area contributed by atoms with Crippen molar-refractivity contribution < 1.29 is 9.47 Å². The smallest absolute Gasteiger partial charge is 0.231 e. The summed E-state index contributed by atoms with van der Waals surface area (Å²) >= 11 is 0. The number of hydrogen-bond donors (Lipinski definition) is 0. The fourth-order valence-electron chi connectivity index (χ4n) is 5.25. The largest absolute Gasteiger partial charge is 0.454 e. The van der Waals surface area contributed by atoms with Crippen LogP contribution in [0.2, 0.25) is 0 Å². The van der Waals surface area contributed by atoms with E-state index in [4.69, 9.17) is 14.5 Å². The van der Waals surface area contributed by atoms with Crippen LogP contribution in [0, 0.1) is 13.8 Å². The lowest BCUT2D eigenvalue weighted by molar-refractivity contribution is 0.174. The Bertz CT molecular complexity index is 1510. The standard InChI is InChI=1S/C27H24N6O2/c1-16-11-21-22(12-17(16)2)33-27(29-30-31-33)26(32-10-9-18-5-3-4-6-20(18)14-32)25(28-21)19-7-8-23-24(13-19)35-15-34-23/h3-8,11-13,26H,9-10,14-15H2,1-2H3. The summed E-state index contributed by atoms with van der Waals surface area (Å²) in [6, 6.07) is 18.7. The van der Waals surface area contributed by atoms with Crippen molar-refractivity contribution in [2.45, 2.75) is 32.9 Å². The Morgan fingerprint density at radius 3 is 2.66 bits per heavy atom. The second-order valence-electron chi connectivity index (χ2n) is 9.33. The molecule has 4 heterocycles. The first kappa shape index (κ1) is 20.3. The van der Waals surface area contributed by atoms with E-state index in [9.17, 15) is 0 Å². The van der Waals surface area contributed by atoms with Crippen LogP contribution in [0.15, 0.2) is 59.6 Å². The van der Waals surface area contributed by atoms with Gasteiger partial charge in [-0.2, -0.15) is 4.68 Å². The number of tetrazole rings is 1. The van der Waals surface area contributed by atoms with Crippen molar-refractivity contribution in [3.05, 3.63) is 88.2 Å². The molecule has 3 aromatic carbocycles. The predicted molar refractivity (Wildman–Crippen MR) is 131 cm³/mol. The van der Waals surface area contributed by atoms with E-state index >= 15 is 0 Å². The number of rotatable bonds is 2. The van der Waals surface area contributed by atoms with Crippen LogP contribution in [0.5, 0.6) is 11.5 Å². The van der Waals surface area contributed by atoms with E-state index in [0.29, 0.717) is 0 Å². The topological polar surface area (TPSA) is 77.7 Å². The Morgan fingerprint density at radius 1 is 0.914 bits per heavy atom. The molecule has 8 heteroatoms. The molecule has 0 N–H and O–H groups in total. The third-order valence-corrected chi connectivity index (χ3v) is 7.25. The summed E-state index contributed by atoms with van der Waals surface area (Å²) in [5.41, 5.74) is 8.71. The second-order valence-corrected chi connectivity index (χ2v) is 9.33. The highest BCUT2D eigenvalue weighted by Gasteiger charge is 2.37. The molecule has 0 saturated carbocycles. The molecule has 0 radical (unpaired) electrons. The van der Waals surface area contributed by atoms with Crippen molar-refractivity contribution in [1.29, 1.82) is 0 Å². The van der Waals surface area contributed by atoms with Gasteiger partial charge in [0.15, 0.2) is 17.3 Å². The van der Waals surface area contributed by atoms with Gasteiger partial charge in [0.25, 0.3) is 0 Å². The fourth-order valence-corrected chi connectivity index (χ4v) is 5.25. The van der Waals surface area contributed by atoms with E-state index in [1.54, 1.807) is 0 Å². The molecule has 1 unspecified atom stereocenters. The SMILES string of the molecule is Cc1cc2c(cc1C)-n1nnnc1C(N1CCc3ccccc3C1)C(c1ccc3c(c1)OCO3)=N2. The lowest BCUT2D eigenvalue weighted by atomic mass is 9.94. The van der Waals surface area contributed by atoms with Gasteiger partial charge < -0.3 is 9.47 Å². The Morgan fingerprint density at radius 2 is 1.74 bits per heavy atom. The highest BCUT2D eigenvalue weighted by molar-refractivity contribution is 6.07. The van der Waals surface area contributed by atoms with Crippen LogP contribution in [0.3, 0.4) is 0 Å².